The number of nitrogens with zero attached hydrogens (tertiary/aromatic N) is 2. The first-order valence-electron chi connectivity index (χ1n) is 27.1. The van der Waals surface area contributed by atoms with Crippen LogP contribution in [0.2, 0.25) is 0 Å². The Labute approximate surface area is 440 Å². The number of hydrogen-bond acceptors (Lipinski definition) is 16. The summed E-state index contributed by atoms with van der Waals surface area (Å²) in [5.41, 5.74) is 4.58. The Morgan fingerprint density at radius 1 is 0.743 bits per heavy atom. The third kappa shape index (κ3) is 33.0. The number of aliphatic hydroxyl groups is 3. The zero-order valence-corrected chi connectivity index (χ0v) is 46.2. The summed E-state index contributed by atoms with van der Waals surface area (Å²) in [6.45, 7) is 4.32. The van der Waals surface area contributed by atoms with Crippen LogP contribution >= 0.6 is 15.6 Å². The molecule has 7 N–H and O–H groups in total. The van der Waals surface area contributed by atoms with Crippen LogP contribution in [0.3, 0.4) is 0 Å². The summed E-state index contributed by atoms with van der Waals surface area (Å²) in [6.07, 6.45) is 33.8. The first-order chi connectivity index (χ1) is 35.4. The lowest BCUT2D eigenvalue weighted by atomic mass is 10.0. The number of rotatable bonds is 44. The Kier molecular flexibility index (Phi) is 36.1. The first kappa shape index (κ1) is 66.8. The minimum absolute atomic E-state index is 0.0455. The Balaban J connectivity index is 1.81. The summed E-state index contributed by atoms with van der Waals surface area (Å²) in [6, 6.07) is 1.24. The van der Waals surface area contributed by atoms with Gasteiger partial charge in [-0.15, -0.1) is 0 Å². The summed E-state index contributed by atoms with van der Waals surface area (Å²) < 4.78 is 56.8. The molecule has 0 spiro atoms. The van der Waals surface area contributed by atoms with E-state index in [0.717, 1.165) is 74.5 Å². The molecule has 0 bridgehead atoms. The van der Waals surface area contributed by atoms with Crippen molar-refractivity contribution in [1.29, 1.82) is 0 Å². The number of nitrogen functional groups attached to an aromatic ring is 1. The van der Waals surface area contributed by atoms with E-state index in [-0.39, 0.29) is 18.7 Å². The second-order valence-electron chi connectivity index (χ2n) is 19.4. The number of esters is 2. The third-order valence-corrected chi connectivity index (χ3v) is 14.8. The summed E-state index contributed by atoms with van der Waals surface area (Å²) in [4.78, 5) is 62.0. The summed E-state index contributed by atoms with van der Waals surface area (Å²) in [7, 11) is -10.9. The predicted molar refractivity (Wildman–Crippen MR) is 285 cm³/mol. The van der Waals surface area contributed by atoms with Gasteiger partial charge in [0, 0.05) is 19.0 Å². The van der Waals surface area contributed by atoms with Gasteiger partial charge in [-0.2, -0.15) is 9.29 Å². The van der Waals surface area contributed by atoms with E-state index in [4.69, 9.17) is 29.0 Å². The molecule has 1 saturated heterocycles. The number of nitrogens with two attached hydrogens (primary N) is 1. The van der Waals surface area contributed by atoms with E-state index in [1.165, 1.54) is 76.7 Å². The molecule has 8 atom stereocenters. The Morgan fingerprint density at radius 3 is 1.93 bits per heavy atom. The highest BCUT2D eigenvalue weighted by Crippen LogP contribution is 2.60. The smallest absolute Gasteiger partial charge is 0.462 e. The van der Waals surface area contributed by atoms with E-state index < -0.39 is 89.8 Å². The molecular weight excluding hydrogens is 997 g/mol. The van der Waals surface area contributed by atoms with Gasteiger partial charge in [0.05, 0.1) is 19.3 Å². The molecule has 2 heterocycles. The van der Waals surface area contributed by atoms with Crippen LogP contribution in [0.15, 0.2) is 65.7 Å². The van der Waals surface area contributed by atoms with Crippen molar-refractivity contribution in [3.8, 4) is 0 Å². The molecule has 1 aliphatic heterocycles. The minimum atomic E-state index is -5.45. The fraction of sp³-hybridized carbons (Fsp3) is 0.736. The number of unbranched alkanes of at least 4 members (excludes halogenated alkanes) is 17. The predicted octanol–water partition coefficient (Wildman–Crippen LogP) is 10.6. The molecule has 0 amide bonds. The van der Waals surface area contributed by atoms with Crippen molar-refractivity contribution < 1.29 is 71.4 Å². The number of carbonyl (C=O) groups is 2. The van der Waals surface area contributed by atoms with Crippen molar-refractivity contribution in [2.45, 2.75) is 224 Å². The maximum Gasteiger partial charge on any atom is 0.481 e. The molecule has 1 aromatic heterocycles. The van der Waals surface area contributed by atoms with Crippen LogP contribution in [-0.4, -0.2) is 96.9 Å². The number of carbonyl (C=O) groups excluding carboxylic acids is 2. The van der Waals surface area contributed by atoms with Gasteiger partial charge in [-0.3, -0.25) is 23.2 Å². The van der Waals surface area contributed by atoms with Gasteiger partial charge >= 0.3 is 33.3 Å². The second-order valence-corrected chi connectivity index (χ2v) is 22.5. The van der Waals surface area contributed by atoms with E-state index in [1.54, 1.807) is 6.08 Å². The molecule has 2 unspecified atom stereocenters. The maximum absolute atomic E-state index is 12.9. The van der Waals surface area contributed by atoms with Crippen molar-refractivity contribution in [3.63, 3.8) is 0 Å². The van der Waals surface area contributed by atoms with Gasteiger partial charge in [0.1, 0.15) is 30.7 Å². The molecule has 1 aromatic rings. The monoisotopic (exact) mass is 1090 g/mol. The van der Waals surface area contributed by atoms with Crippen LogP contribution in [0.25, 0.3) is 0 Å². The molecule has 0 aromatic carbocycles. The van der Waals surface area contributed by atoms with Crippen LogP contribution in [0, 0.1) is 5.92 Å². The Bertz CT molecular complexity index is 1960. The molecule has 424 valence electrons. The van der Waals surface area contributed by atoms with E-state index in [9.17, 15) is 48.6 Å². The number of anilines is 1. The number of phosphoric ester groups is 2. The third-order valence-electron chi connectivity index (χ3n) is 12.2. The molecule has 0 aliphatic carbocycles. The van der Waals surface area contributed by atoms with Crippen molar-refractivity contribution in [3.05, 3.63) is 71.4 Å². The Morgan fingerprint density at radius 2 is 1.31 bits per heavy atom. The SMILES string of the molecule is CCCCC[C@H](O)/C=C/C=C\C/C=C\C/C=C\CCCC(=O)O[C@H](COC(=O)CCCCCCCCCCCCCCCCCC(C)C)COP(=O)(O)OP(=O)(O)OC[C@H]1O[C@@H](n2ccc(N)nc2=O)[C@H](O)[C@@H]1O. The lowest BCUT2D eigenvalue weighted by Crippen LogP contribution is -2.36. The molecule has 1 aliphatic rings. The van der Waals surface area contributed by atoms with E-state index >= 15 is 0 Å². The van der Waals surface area contributed by atoms with Gasteiger partial charge in [0.25, 0.3) is 0 Å². The molecule has 0 saturated carbocycles. The lowest BCUT2D eigenvalue weighted by Gasteiger charge is -2.21. The molecule has 1 fully saturated rings. The first-order valence-corrected chi connectivity index (χ1v) is 30.1. The van der Waals surface area contributed by atoms with E-state index in [0.29, 0.717) is 25.7 Å². The van der Waals surface area contributed by atoms with Gasteiger partial charge < -0.3 is 45.1 Å². The Hall–Kier alpha value is -3.32. The van der Waals surface area contributed by atoms with E-state index in [2.05, 4.69) is 30.1 Å². The van der Waals surface area contributed by atoms with Gasteiger partial charge in [0.2, 0.25) is 0 Å². The number of aromatic nitrogens is 2. The highest BCUT2D eigenvalue weighted by atomic mass is 31.3. The molecule has 2 rings (SSSR count). The van der Waals surface area contributed by atoms with Gasteiger partial charge in [-0.1, -0.05) is 185 Å². The van der Waals surface area contributed by atoms with Crippen molar-refractivity contribution in [2.24, 2.45) is 5.92 Å². The average molecular weight is 1090 g/mol. The normalized spacial score (nSPS) is 19.7. The lowest BCUT2D eigenvalue weighted by molar-refractivity contribution is -0.161. The summed E-state index contributed by atoms with van der Waals surface area (Å²) in [5, 5.41) is 30.9. The number of ether oxygens (including phenoxy) is 3. The maximum atomic E-state index is 12.9. The number of aliphatic hydroxyl groups excluding tert-OH is 3. The highest BCUT2D eigenvalue weighted by Gasteiger charge is 2.46. The van der Waals surface area contributed by atoms with Crippen LogP contribution in [0.1, 0.15) is 194 Å². The van der Waals surface area contributed by atoms with E-state index in [1.807, 2.05) is 42.5 Å². The summed E-state index contributed by atoms with van der Waals surface area (Å²) in [5.74, 6) is -0.589. The zero-order chi connectivity index (χ0) is 54.5. The zero-order valence-electron chi connectivity index (χ0n) is 44.4. The second kappa shape index (κ2) is 40.0. The topological polar surface area (TPSA) is 286 Å². The fourth-order valence-corrected chi connectivity index (χ4v) is 10.1. The molecule has 21 heteroatoms. The van der Waals surface area contributed by atoms with Crippen LogP contribution in [0.5, 0.6) is 0 Å². The summed E-state index contributed by atoms with van der Waals surface area (Å²) >= 11 is 0. The van der Waals surface area contributed by atoms with Gasteiger partial charge in [-0.25, -0.2) is 13.9 Å². The van der Waals surface area contributed by atoms with Gasteiger partial charge in [0.15, 0.2) is 12.3 Å². The number of phosphoric acid groups is 2. The number of hydrogen-bond donors (Lipinski definition) is 6. The van der Waals surface area contributed by atoms with Crippen molar-refractivity contribution in [2.75, 3.05) is 25.6 Å². The minimum Gasteiger partial charge on any atom is -0.462 e. The molecule has 0 radical (unpaired) electrons. The molecule has 19 nitrogen and oxygen atoms in total. The molecular formula is C53H91N3O16P2. The highest BCUT2D eigenvalue weighted by molar-refractivity contribution is 7.61. The average Bonchev–Trinajstić information content (AvgIpc) is 3.62. The van der Waals surface area contributed by atoms with Crippen molar-refractivity contribution in [1.82, 2.24) is 9.55 Å². The number of allylic oxidation sites excluding steroid dienone is 7. The van der Waals surface area contributed by atoms with Crippen LogP contribution in [-0.2, 0) is 46.3 Å². The standard InChI is InChI=1S/C53H91N3O16P2/c1-4-5-28-34-44(57)35-30-25-21-17-13-11-15-19-23-27-32-37-49(59)70-45(40-67-48(58)36-31-26-22-18-14-10-8-6-7-9-12-16-20-24-29-33-43(2)3)41-68-73(63,64)72-74(65,66)69-42-46-50(60)51(61)52(71-46)56-39-38-47(54)55-53(56)62/h11,13,19,21,23,25,30,35,38-39,43-46,50-52,57,60-61H,4-10,12,14-18,20,22,24,26-29,31-34,36-37,40-42H2,1-3H3,(H,63,64)(H,65,66)(H2,54,55,62)/b13-11-,23-19-,25-21-,35-30+/t44-,45+,46+,50+,51+,52+/m0/s1. The largest absolute Gasteiger partial charge is 0.481 e. The van der Waals surface area contributed by atoms with Crippen LogP contribution < -0.4 is 11.4 Å². The fourth-order valence-electron chi connectivity index (χ4n) is 7.95. The van der Waals surface area contributed by atoms with Crippen LogP contribution in [0.4, 0.5) is 5.82 Å². The van der Waals surface area contributed by atoms with Crippen molar-refractivity contribution >= 4 is 33.4 Å². The quantitative estimate of drug-likeness (QED) is 0.0116. The van der Waals surface area contributed by atoms with Gasteiger partial charge in [-0.05, 0) is 50.5 Å². The molecule has 74 heavy (non-hydrogen) atoms.